The summed E-state index contributed by atoms with van der Waals surface area (Å²) in [7, 11) is 1.50. The molecule has 0 aliphatic heterocycles. The van der Waals surface area contributed by atoms with Gasteiger partial charge in [0.1, 0.15) is 12.2 Å². The van der Waals surface area contributed by atoms with E-state index in [0.29, 0.717) is 16.5 Å². The molecule has 6 heteroatoms. The number of benzene rings is 2. The van der Waals surface area contributed by atoms with Crippen LogP contribution in [0.15, 0.2) is 36.4 Å². The van der Waals surface area contributed by atoms with Crippen molar-refractivity contribution in [1.82, 2.24) is 0 Å². The van der Waals surface area contributed by atoms with Crippen molar-refractivity contribution in [3.8, 4) is 5.75 Å². The number of ether oxygens (including phenoxy) is 1. The fourth-order valence-electron chi connectivity index (χ4n) is 2.64. The molecule has 0 aliphatic rings. The van der Waals surface area contributed by atoms with Crippen molar-refractivity contribution in [2.45, 2.75) is 33.1 Å². The zero-order valence-corrected chi connectivity index (χ0v) is 16.1. The van der Waals surface area contributed by atoms with E-state index in [1.165, 1.54) is 7.11 Å². The maximum atomic E-state index is 12.3. The highest BCUT2D eigenvalue weighted by atomic mass is 35.5. The van der Waals surface area contributed by atoms with Gasteiger partial charge in [-0.3, -0.25) is 9.59 Å². The highest BCUT2D eigenvalue weighted by molar-refractivity contribution is 6.31. The molecular formula is C20H23ClN2O3. The minimum absolute atomic E-state index is 0.259. The Bertz CT molecular complexity index is 819. The lowest BCUT2D eigenvalue weighted by atomic mass is 9.98. The average Bonchev–Trinajstić information content (AvgIpc) is 2.56. The summed E-state index contributed by atoms with van der Waals surface area (Å²) in [6.45, 7) is 6.05. The number of para-hydroxylation sites is 1. The highest BCUT2D eigenvalue weighted by Gasteiger charge is 2.16. The molecule has 0 unspecified atom stereocenters. The average molecular weight is 375 g/mol. The number of methoxy groups -OCH3 is 1. The van der Waals surface area contributed by atoms with Gasteiger partial charge in [0, 0.05) is 10.7 Å². The van der Waals surface area contributed by atoms with Gasteiger partial charge in [0.15, 0.2) is 0 Å². The van der Waals surface area contributed by atoms with Gasteiger partial charge in [0.25, 0.3) is 0 Å². The Morgan fingerprint density at radius 3 is 2.46 bits per heavy atom. The molecule has 5 nitrogen and oxygen atoms in total. The second kappa shape index (κ2) is 8.72. The first-order valence-corrected chi connectivity index (χ1v) is 8.72. The Morgan fingerprint density at radius 1 is 1.12 bits per heavy atom. The summed E-state index contributed by atoms with van der Waals surface area (Å²) in [5.41, 5.74) is 3.19. The van der Waals surface area contributed by atoms with Crippen LogP contribution in [0.25, 0.3) is 0 Å². The van der Waals surface area contributed by atoms with E-state index in [9.17, 15) is 9.59 Å². The molecule has 0 fully saturated rings. The van der Waals surface area contributed by atoms with E-state index >= 15 is 0 Å². The summed E-state index contributed by atoms with van der Waals surface area (Å²) in [5.74, 6) is -0.0821. The number of carbonyl (C=O) groups excluding carboxylic acids is 2. The van der Waals surface area contributed by atoms with Crippen LogP contribution in [-0.2, 0) is 9.59 Å². The maximum Gasteiger partial charge on any atom is 0.233 e. The second-order valence-electron chi connectivity index (χ2n) is 6.31. The molecule has 0 radical (unpaired) electrons. The maximum absolute atomic E-state index is 12.3. The van der Waals surface area contributed by atoms with Gasteiger partial charge in [0.2, 0.25) is 11.8 Å². The number of aryl methyl sites for hydroxylation is 1. The number of hydrogen-bond acceptors (Lipinski definition) is 3. The molecule has 0 saturated heterocycles. The van der Waals surface area contributed by atoms with Crippen LogP contribution in [0, 0.1) is 6.92 Å². The molecular weight excluding hydrogens is 352 g/mol. The van der Waals surface area contributed by atoms with E-state index in [2.05, 4.69) is 24.5 Å². The molecule has 0 heterocycles. The van der Waals surface area contributed by atoms with Gasteiger partial charge in [-0.05, 0) is 42.2 Å². The summed E-state index contributed by atoms with van der Waals surface area (Å²) in [6, 6.07) is 10.8. The molecule has 26 heavy (non-hydrogen) atoms. The van der Waals surface area contributed by atoms with Crippen LogP contribution >= 0.6 is 11.6 Å². The number of anilines is 2. The van der Waals surface area contributed by atoms with E-state index in [-0.39, 0.29) is 18.2 Å². The van der Waals surface area contributed by atoms with Crippen LogP contribution < -0.4 is 15.4 Å². The fourth-order valence-corrected chi connectivity index (χ4v) is 2.82. The van der Waals surface area contributed by atoms with Crippen LogP contribution in [0.1, 0.15) is 37.3 Å². The molecule has 0 aliphatic carbocycles. The van der Waals surface area contributed by atoms with E-state index in [1.807, 2.05) is 25.1 Å². The van der Waals surface area contributed by atoms with Crippen molar-refractivity contribution in [2.24, 2.45) is 0 Å². The Hall–Kier alpha value is -2.53. The molecule has 2 aromatic carbocycles. The van der Waals surface area contributed by atoms with Gasteiger partial charge in [-0.25, -0.2) is 0 Å². The fraction of sp³-hybridized carbons (Fsp3) is 0.300. The van der Waals surface area contributed by atoms with Crippen molar-refractivity contribution < 1.29 is 14.3 Å². The minimum atomic E-state index is -0.442. The second-order valence-corrected chi connectivity index (χ2v) is 6.75. The zero-order chi connectivity index (χ0) is 19.3. The first kappa shape index (κ1) is 19.8. The van der Waals surface area contributed by atoms with Crippen molar-refractivity contribution in [3.63, 3.8) is 0 Å². The van der Waals surface area contributed by atoms with Crippen molar-refractivity contribution in [1.29, 1.82) is 0 Å². The largest absolute Gasteiger partial charge is 0.495 e. The molecule has 0 aromatic heterocycles. The minimum Gasteiger partial charge on any atom is -0.495 e. The van der Waals surface area contributed by atoms with Crippen LogP contribution in [0.2, 0.25) is 5.02 Å². The molecule has 0 bridgehead atoms. The Balaban J connectivity index is 2.07. The zero-order valence-electron chi connectivity index (χ0n) is 15.4. The molecule has 0 atom stereocenters. The molecule has 2 aromatic rings. The summed E-state index contributed by atoms with van der Waals surface area (Å²) in [6.07, 6.45) is -0.304. The topological polar surface area (TPSA) is 67.4 Å². The molecule has 2 amide bonds. The van der Waals surface area contributed by atoms with E-state index < -0.39 is 5.91 Å². The van der Waals surface area contributed by atoms with E-state index in [4.69, 9.17) is 16.3 Å². The summed E-state index contributed by atoms with van der Waals surface area (Å²) in [4.78, 5) is 24.6. The number of hydrogen-bond donors (Lipinski definition) is 2. The molecule has 138 valence electrons. The normalized spacial score (nSPS) is 10.5. The first-order valence-electron chi connectivity index (χ1n) is 8.34. The summed E-state index contributed by atoms with van der Waals surface area (Å²) in [5, 5.41) is 5.99. The highest BCUT2D eigenvalue weighted by Crippen LogP contribution is 2.29. The summed E-state index contributed by atoms with van der Waals surface area (Å²) < 4.78 is 5.19. The lowest BCUT2D eigenvalue weighted by Crippen LogP contribution is -2.22. The van der Waals surface area contributed by atoms with Gasteiger partial charge in [-0.2, -0.15) is 0 Å². The lowest BCUT2D eigenvalue weighted by molar-refractivity contribution is -0.123. The van der Waals surface area contributed by atoms with Gasteiger partial charge < -0.3 is 15.4 Å². The smallest absolute Gasteiger partial charge is 0.233 e. The summed E-state index contributed by atoms with van der Waals surface area (Å²) >= 11 is 5.95. The Labute approximate surface area is 158 Å². The van der Waals surface area contributed by atoms with Crippen LogP contribution in [-0.4, -0.2) is 18.9 Å². The molecule has 0 spiro atoms. The molecule has 2 rings (SSSR count). The van der Waals surface area contributed by atoms with Crippen molar-refractivity contribution in [2.75, 3.05) is 17.7 Å². The standard InChI is InChI=1S/C20H23ClN2O3/c1-12(2)15-7-5-6-13(3)20(15)23-19(25)11-18(24)22-16-10-14(21)8-9-17(16)26-4/h5-10,12H,11H2,1-4H3,(H,22,24)(H,23,25). The Morgan fingerprint density at radius 2 is 1.81 bits per heavy atom. The number of rotatable bonds is 6. The SMILES string of the molecule is COc1ccc(Cl)cc1NC(=O)CC(=O)Nc1c(C)cccc1C(C)C. The van der Waals surface area contributed by atoms with Crippen LogP contribution in [0.3, 0.4) is 0 Å². The van der Waals surface area contributed by atoms with E-state index in [1.54, 1.807) is 18.2 Å². The third kappa shape index (κ3) is 4.99. The molecule has 2 N–H and O–H groups in total. The third-order valence-corrected chi connectivity index (χ3v) is 4.18. The predicted molar refractivity (Wildman–Crippen MR) is 105 cm³/mol. The third-order valence-electron chi connectivity index (χ3n) is 3.95. The van der Waals surface area contributed by atoms with Crippen molar-refractivity contribution in [3.05, 3.63) is 52.5 Å². The van der Waals surface area contributed by atoms with Crippen molar-refractivity contribution >= 4 is 34.8 Å². The number of amides is 2. The van der Waals surface area contributed by atoms with Gasteiger partial charge in [-0.15, -0.1) is 0 Å². The molecule has 0 saturated carbocycles. The Kier molecular flexibility index (Phi) is 6.64. The predicted octanol–water partition coefficient (Wildman–Crippen LogP) is 4.75. The number of carbonyl (C=O) groups is 2. The first-order chi connectivity index (χ1) is 12.3. The van der Waals surface area contributed by atoms with Crippen LogP contribution in [0.4, 0.5) is 11.4 Å². The van der Waals surface area contributed by atoms with Crippen LogP contribution in [0.5, 0.6) is 5.75 Å². The van der Waals surface area contributed by atoms with Gasteiger partial charge >= 0.3 is 0 Å². The van der Waals surface area contributed by atoms with E-state index in [0.717, 1.165) is 16.8 Å². The van der Waals surface area contributed by atoms with Gasteiger partial charge in [-0.1, -0.05) is 43.6 Å². The number of nitrogens with one attached hydrogen (secondary N) is 2. The van der Waals surface area contributed by atoms with Gasteiger partial charge in [0.05, 0.1) is 12.8 Å². The quantitative estimate of drug-likeness (QED) is 0.717. The lowest BCUT2D eigenvalue weighted by Gasteiger charge is -2.16. The monoisotopic (exact) mass is 374 g/mol. The number of halogens is 1.